The first-order valence-electron chi connectivity index (χ1n) is 9.31. The Morgan fingerprint density at radius 3 is 2.75 bits per heavy atom. The van der Waals surface area contributed by atoms with Gasteiger partial charge in [0.25, 0.3) is 5.56 Å². The monoisotopic (exact) mass is 395 g/mol. The van der Waals surface area contributed by atoms with Crippen LogP contribution in [-0.4, -0.2) is 40.5 Å². The van der Waals surface area contributed by atoms with Crippen molar-refractivity contribution < 1.29 is 9.53 Å². The molecule has 1 atom stereocenters. The second-order valence-corrected chi connectivity index (χ2v) is 7.56. The van der Waals surface area contributed by atoms with E-state index in [2.05, 4.69) is 10.3 Å². The van der Waals surface area contributed by atoms with Crippen LogP contribution in [0.25, 0.3) is 16.6 Å². The van der Waals surface area contributed by atoms with Crippen molar-refractivity contribution in [1.82, 2.24) is 14.9 Å². The topological polar surface area (TPSA) is 73.2 Å². The van der Waals surface area contributed by atoms with E-state index in [1.54, 1.807) is 10.6 Å². The van der Waals surface area contributed by atoms with E-state index in [0.29, 0.717) is 22.6 Å². The quantitative estimate of drug-likeness (QED) is 0.513. The van der Waals surface area contributed by atoms with Gasteiger partial charge in [-0.25, -0.2) is 4.98 Å². The normalized spacial score (nSPS) is 16.4. The number of rotatable bonds is 6. The first-order valence-corrected chi connectivity index (χ1v) is 10.3. The minimum absolute atomic E-state index is 0.0949. The van der Waals surface area contributed by atoms with Gasteiger partial charge in [0.1, 0.15) is 0 Å². The van der Waals surface area contributed by atoms with Crippen molar-refractivity contribution in [2.75, 3.05) is 18.9 Å². The minimum Gasteiger partial charge on any atom is -0.376 e. The molecule has 7 heteroatoms. The van der Waals surface area contributed by atoms with Gasteiger partial charge in [-0.1, -0.05) is 42.1 Å². The number of ether oxygens (including phenoxy) is 1. The average molecular weight is 395 g/mol. The van der Waals surface area contributed by atoms with Crippen molar-refractivity contribution in [2.45, 2.75) is 24.1 Å². The number of hydrogen-bond acceptors (Lipinski definition) is 5. The number of aromatic nitrogens is 2. The van der Waals surface area contributed by atoms with Gasteiger partial charge in [-0.3, -0.25) is 14.2 Å². The molecule has 1 saturated heterocycles. The van der Waals surface area contributed by atoms with Gasteiger partial charge in [0, 0.05) is 13.2 Å². The van der Waals surface area contributed by atoms with Gasteiger partial charge in [0.15, 0.2) is 5.16 Å². The average Bonchev–Trinajstić information content (AvgIpc) is 3.25. The Morgan fingerprint density at radius 1 is 1.18 bits per heavy atom. The third-order valence-corrected chi connectivity index (χ3v) is 5.58. The lowest BCUT2D eigenvalue weighted by Crippen LogP contribution is -2.33. The maximum absolute atomic E-state index is 13.1. The van der Waals surface area contributed by atoms with Crippen LogP contribution in [-0.2, 0) is 9.53 Å². The van der Waals surface area contributed by atoms with Crippen LogP contribution in [0, 0.1) is 0 Å². The molecule has 1 N–H and O–H groups in total. The van der Waals surface area contributed by atoms with Gasteiger partial charge in [0.2, 0.25) is 5.91 Å². The highest BCUT2D eigenvalue weighted by atomic mass is 32.2. The molecule has 3 aromatic rings. The maximum atomic E-state index is 13.1. The highest BCUT2D eigenvalue weighted by molar-refractivity contribution is 7.99. The summed E-state index contributed by atoms with van der Waals surface area (Å²) in [6, 6.07) is 16.6. The van der Waals surface area contributed by atoms with E-state index >= 15 is 0 Å². The Bertz CT molecular complexity index is 1030. The van der Waals surface area contributed by atoms with E-state index in [4.69, 9.17) is 4.74 Å². The Balaban J connectivity index is 1.58. The summed E-state index contributed by atoms with van der Waals surface area (Å²) in [6.45, 7) is 1.29. The maximum Gasteiger partial charge on any atom is 0.266 e. The van der Waals surface area contributed by atoms with Crippen LogP contribution in [0.15, 0.2) is 64.5 Å². The lowest BCUT2D eigenvalue weighted by molar-refractivity contribution is -0.119. The number of nitrogens with zero attached hydrogens (tertiary/aromatic N) is 2. The predicted molar refractivity (Wildman–Crippen MR) is 110 cm³/mol. The standard InChI is InChI=1S/C21H21N3O3S/c25-19(22-13-16-9-6-12-27-16)14-28-21-23-18-11-5-4-10-17(18)20(26)24(21)15-7-2-1-3-8-15/h1-5,7-8,10-11,16H,6,9,12-14H2,(H,22,25)/t16-/m1/s1. The molecule has 1 amide bonds. The highest BCUT2D eigenvalue weighted by Gasteiger charge is 2.17. The number of thioether (sulfide) groups is 1. The van der Waals surface area contributed by atoms with Gasteiger partial charge in [0.05, 0.1) is 28.4 Å². The van der Waals surface area contributed by atoms with Gasteiger partial charge in [-0.15, -0.1) is 0 Å². The van der Waals surface area contributed by atoms with Gasteiger partial charge in [-0.05, 0) is 37.1 Å². The number of carbonyl (C=O) groups excluding carboxylic acids is 1. The molecule has 28 heavy (non-hydrogen) atoms. The predicted octanol–water partition coefficient (Wildman–Crippen LogP) is 2.77. The third kappa shape index (κ3) is 4.10. The van der Waals surface area contributed by atoms with Crippen LogP contribution in [0.3, 0.4) is 0 Å². The summed E-state index contributed by atoms with van der Waals surface area (Å²) in [4.78, 5) is 30.0. The van der Waals surface area contributed by atoms with Crippen LogP contribution in [0.2, 0.25) is 0 Å². The lowest BCUT2D eigenvalue weighted by Gasteiger charge is -2.14. The first-order chi connectivity index (χ1) is 13.7. The van der Waals surface area contributed by atoms with Crippen molar-refractivity contribution in [3.63, 3.8) is 0 Å². The van der Waals surface area contributed by atoms with E-state index in [1.165, 1.54) is 11.8 Å². The van der Waals surface area contributed by atoms with E-state index in [0.717, 1.165) is 25.1 Å². The molecule has 2 heterocycles. The fourth-order valence-electron chi connectivity index (χ4n) is 3.23. The van der Waals surface area contributed by atoms with Crippen molar-refractivity contribution >= 4 is 28.6 Å². The Labute approximate surface area is 166 Å². The molecule has 0 aliphatic carbocycles. The zero-order chi connectivity index (χ0) is 19.3. The molecule has 0 saturated carbocycles. The van der Waals surface area contributed by atoms with Crippen LogP contribution in [0.1, 0.15) is 12.8 Å². The summed E-state index contributed by atoms with van der Waals surface area (Å²) >= 11 is 1.26. The van der Waals surface area contributed by atoms with E-state index < -0.39 is 0 Å². The fourth-order valence-corrected chi connectivity index (χ4v) is 4.07. The third-order valence-electron chi connectivity index (χ3n) is 4.64. The number of para-hydroxylation sites is 2. The summed E-state index contributed by atoms with van der Waals surface area (Å²) in [5.74, 6) is 0.0900. The van der Waals surface area contributed by atoms with Gasteiger partial charge in [-0.2, -0.15) is 0 Å². The molecule has 0 bridgehead atoms. The molecule has 2 aromatic carbocycles. The van der Waals surface area contributed by atoms with E-state index in [-0.39, 0.29) is 23.3 Å². The lowest BCUT2D eigenvalue weighted by atomic mass is 10.2. The van der Waals surface area contributed by atoms with Crippen molar-refractivity contribution in [1.29, 1.82) is 0 Å². The minimum atomic E-state index is -0.140. The van der Waals surface area contributed by atoms with Crippen LogP contribution < -0.4 is 10.9 Å². The summed E-state index contributed by atoms with van der Waals surface area (Å²) < 4.78 is 7.10. The molecule has 0 spiro atoms. The van der Waals surface area contributed by atoms with Crippen LogP contribution >= 0.6 is 11.8 Å². The Morgan fingerprint density at radius 2 is 1.96 bits per heavy atom. The molecule has 4 rings (SSSR count). The molecule has 1 aliphatic heterocycles. The number of carbonyl (C=O) groups is 1. The molecule has 0 unspecified atom stereocenters. The second-order valence-electron chi connectivity index (χ2n) is 6.62. The Hall–Kier alpha value is -2.64. The van der Waals surface area contributed by atoms with Gasteiger partial charge < -0.3 is 10.1 Å². The largest absolute Gasteiger partial charge is 0.376 e. The van der Waals surface area contributed by atoms with Crippen molar-refractivity contribution in [3.05, 3.63) is 65.0 Å². The molecular formula is C21H21N3O3S. The number of benzene rings is 2. The highest BCUT2D eigenvalue weighted by Crippen LogP contribution is 2.21. The zero-order valence-corrected chi connectivity index (χ0v) is 16.2. The van der Waals surface area contributed by atoms with Crippen molar-refractivity contribution in [2.24, 2.45) is 0 Å². The van der Waals surface area contributed by atoms with E-state index in [9.17, 15) is 9.59 Å². The number of fused-ring (bicyclic) bond motifs is 1. The number of amides is 1. The smallest absolute Gasteiger partial charge is 0.266 e. The zero-order valence-electron chi connectivity index (χ0n) is 15.3. The molecule has 6 nitrogen and oxygen atoms in total. The fraction of sp³-hybridized carbons (Fsp3) is 0.286. The summed E-state index contributed by atoms with van der Waals surface area (Å²) in [5.41, 5.74) is 1.22. The molecular weight excluding hydrogens is 374 g/mol. The van der Waals surface area contributed by atoms with Crippen LogP contribution in [0.5, 0.6) is 0 Å². The van der Waals surface area contributed by atoms with E-state index in [1.807, 2.05) is 48.5 Å². The number of nitrogens with one attached hydrogen (secondary N) is 1. The molecule has 1 aromatic heterocycles. The second kappa shape index (κ2) is 8.58. The first kappa shape index (κ1) is 18.7. The molecule has 144 valence electrons. The Kier molecular flexibility index (Phi) is 5.73. The molecule has 1 fully saturated rings. The number of hydrogen-bond donors (Lipinski definition) is 1. The molecule has 1 aliphatic rings. The van der Waals surface area contributed by atoms with Crippen LogP contribution in [0.4, 0.5) is 0 Å². The summed E-state index contributed by atoms with van der Waals surface area (Å²) in [6.07, 6.45) is 2.13. The summed E-state index contributed by atoms with van der Waals surface area (Å²) in [7, 11) is 0. The summed E-state index contributed by atoms with van der Waals surface area (Å²) in [5, 5.41) is 3.96. The van der Waals surface area contributed by atoms with Gasteiger partial charge >= 0.3 is 0 Å². The molecule has 0 radical (unpaired) electrons. The van der Waals surface area contributed by atoms with Crippen molar-refractivity contribution in [3.8, 4) is 5.69 Å². The SMILES string of the molecule is O=C(CSc1nc2ccccc2c(=O)n1-c1ccccc1)NC[C@H]1CCCO1.